The maximum absolute atomic E-state index is 12.1. The van der Waals surface area contributed by atoms with E-state index in [-0.39, 0.29) is 16.6 Å². The van der Waals surface area contributed by atoms with Gasteiger partial charge in [-0.1, -0.05) is 24.9 Å². The van der Waals surface area contributed by atoms with Crippen LogP contribution in [-0.4, -0.2) is 14.8 Å². The highest BCUT2D eigenvalue weighted by Gasteiger charge is 2.13. The Morgan fingerprint density at radius 3 is 3.00 bits per heavy atom. The van der Waals surface area contributed by atoms with Gasteiger partial charge in [-0.2, -0.15) is 5.10 Å². The summed E-state index contributed by atoms with van der Waals surface area (Å²) in [5, 5.41) is 10.4. The predicted molar refractivity (Wildman–Crippen MR) is 82.6 cm³/mol. The molecule has 7 heteroatoms. The lowest BCUT2D eigenvalue weighted by Gasteiger charge is -2.14. The van der Waals surface area contributed by atoms with Gasteiger partial charge in [-0.05, 0) is 13.3 Å². The number of aromatic nitrogens is 3. The molecule has 1 atom stereocenters. The first-order valence-corrected chi connectivity index (χ1v) is 7.80. The highest BCUT2D eigenvalue weighted by atomic mass is 35.5. The first-order chi connectivity index (χ1) is 9.63. The van der Waals surface area contributed by atoms with Crippen LogP contribution >= 0.6 is 22.9 Å². The summed E-state index contributed by atoms with van der Waals surface area (Å²) in [7, 11) is 0. The average molecular weight is 313 g/mol. The van der Waals surface area contributed by atoms with E-state index in [1.165, 1.54) is 4.68 Å². The lowest BCUT2D eigenvalue weighted by molar-refractivity contribution is 0.543. The Balaban J connectivity index is 2.17. The Labute approximate surface area is 126 Å². The molecule has 0 aliphatic heterocycles. The fraction of sp³-hybridized carbons (Fsp3) is 0.462. The number of thiazole rings is 1. The summed E-state index contributed by atoms with van der Waals surface area (Å²) in [6.45, 7) is 4.63. The van der Waals surface area contributed by atoms with Crippen LogP contribution in [0.15, 0.2) is 22.6 Å². The van der Waals surface area contributed by atoms with Crippen LogP contribution in [0.5, 0.6) is 0 Å². The second-order valence-electron chi connectivity index (χ2n) is 4.49. The third-order valence-corrected chi connectivity index (χ3v) is 4.23. The SMILES string of the molecule is CCCCn1ncc(NC(C)c2nccs2)c(Cl)c1=O. The van der Waals surface area contributed by atoms with E-state index >= 15 is 0 Å². The van der Waals surface area contributed by atoms with Gasteiger partial charge in [0.05, 0.1) is 17.9 Å². The minimum atomic E-state index is -0.253. The van der Waals surface area contributed by atoms with Crippen LogP contribution in [0, 0.1) is 0 Å². The van der Waals surface area contributed by atoms with Gasteiger partial charge in [-0.15, -0.1) is 11.3 Å². The van der Waals surface area contributed by atoms with E-state index in [0.29, 0.717) is 12.2 Å². The number of rotatable bonds is 6. The van der Waals surface area contributed by atoms with Gasteiger partial charge in [0.2, 0.25) is 0 Å². The molecule has 1 N–H and O–H groups in total. The molecule has 0 radical (unpaired) electrons. The molecule has 0 fully saturated rings. The van der Waals surface area contributed by atoms with Crippen molar-refractivity contribution >= 4 is 28.6 Å². The zero-order chi connectivity index (χ0) is 14.5. The monoisotopic (exact) mass is 312 g/mol. The van der Waals surface area contributed by atoms with Crippen LogP contribution in [0.3, 0.4) is 0 Å². The summed E-state index contributed by atoms with van der Waals surface area (Å²) in [5.74, 6) is 0. The molecular formula is C13H17ClN4OS. The number of halogens is 1. The van der Waals surface area contributed by atoms with Gasteiger partial charge in [0.15, 0.2) is 0 Å². The van der Waals surface area contributed by atoms with Crippen molar-refractivity contribution in [1.82, 2.24) is 14.8 Å². The number of unbranched alkanes of at least 4 members (excludes halogenated alkanes) is 1. The topological polar surface area (TPSA) is 59.8 Å². The van der Waals surface area contributed by atoms with Gasteiger partial charge in [-0.3, -0.25) is 4.79 Å². The lowest BCUT2D eigenvalue weighted by Crippen LogP contribution is -2.24. The van der Waals surface area contributed by atoms with Crippen molar-refractivity contribution in [2.24, 2.45) is 0 Å². The zero-order valence-electron chi connectivity index (χ0n) is 11.5. The van der Waals surface area contributed by atoms with E-state index in [9.17, 15) is 4.79 Å². The quantitative estimate of drug-likeness (QED) is 0.889. The van der Waals surface area contributed by atoms with Crippen LogP contribution in [0.4, 0.5) is 5.69 Å². The lowest BCUT2D eigenvalue weighted by atomic mass is 10.3. The van der Waals surface area contributed by atoms with Gasteiger partial charge in [-0.25, -0.2) is 9.67 Å². The van der Waals surface area contributed by atoms with E-state index in [2.05, 4.69) is 22.3 Å². The number of nitrogens with one attached hydrogen (secondary N) is 1. The van der Waals surface area contributed by atoms with Crippen molar-refractivity contribution < 1.29 is 0 Å². The van der Waals surface area contributed by atoms with Crippen molar-refractivity contribution in [2.75, 3.05) is 5.32 Å². The van der Waals surface area contributed by atoms with Crippen LogP contribution in [-0.2, 0) is 6.54 Å². The summed E-state index contributed by atoms with van der Waals surface area (Å²) in [6, 6.07) is -0.0137. The Morgan fingerprint density at radius 2 is 2.35 bits per heavy atom. The highest BCUT2D eigenvalue weighted by molar-refractivity contribution is 7.09. The molecule has 0 spiro atoms. The molecule has 0 aliphatic rings. The van der Waals surface area contributed by atoms with E-state index in [1.807, 2.05) is 12.3 Å². The van der Waals surface area contributed by atoms with E-state index in [4.69, 9.17) is 11.6 Å². The van der Waals surface area contributed by atoms with Crippen molar-refractivity contribution in [3.8, 4) is 0 Å². The maximum atomic E-state index is 12.1. The molecule has 108 valence electrons. The van der Waals surface area contributed by atoms with Gasteiger partial charge < -0.3 is 5.32 Å². The van der Waals surface area contributed by atoms with Gasteiger partial charge in [0.25, 0.3) is 5.56 Å². The van der Waals surface area contributed by atoms with Crippen molar-refractivity contribution in [2.45, 2.75) is 39.3 Å². The third-order valence-electron chi connectivity index (χ3n) is 2.90. The number of hydrogen-bond donors (Lipinski definition) is 1. The van der Waals surface area contributed by atoms with Crippen LogP contribution in [0.25, 0.3) is 0 Å². The molecular weight excluding hydrogens is 296 g/mol. The smallest absolute Gasteiger partial charge is 0.287 e. The molecule has 2 rings (SSSR count). The predicted octanol–water partition coefficient (Wildman–Crippen LogP) is 3.33. The van der Waals surface area contributed by atoms with Gasteiger partial charge >= 0.3 is 0 Å². The number of hydrogen-bond acceptors (Lipinski definition) is 5. The van der Waals surface area contributed by atoms with E-state index < -0.39 is 0 Å². The normalized spacial score (nSPS) is 12.3. The summed E-state index contributed by atoms with van der Waals surface area (Å²) in [5.41, 5.74) is 0.295. The number of anilines is 1. The Morgan fingerprint density at radius 1 is 1.55 bits per heavy atom. The highest BCUT2D eigenvalue weighted by Crippen LogP contribution is 2.23. The largest absolute Gasteiger partial charge is 0.373 e. The molecule has 0 aromatic carbocycles. The Kier molecular flexibility index (Phi) is 5.14. The van der Waals surface area contributed by atoms with Crippen LogP contribution in [0.1, 0.15) is 37.7 Å². The molecule has 0 saturated carbocycles. The zero-order valence-corrected chi connectivity index (χ0v) is 13.0. The van der Waals surface area contributed by atoms with Crippen LogP contribution < -0.4 is 10.9 Å². The van der Waals surface area contributed by atoms with E-state index in [0.717, 1.165) is 17.8 Å². The molecule has 0 bridgehead atoms. The van der Waals surface area contributed by atoms with Crippen molar-refractivity contribution in [1.29, 1.82) is 0 Å². The minimum absolute atomic E-state index is 0.0137. The summed E-state index contributed by atoms with van der Waals surface area (Å²) < 4.78 is 1.41. The van der Waals surface area contributed by atoms with E-state index in [1.54, 1.807) is 23.7 Å². The Bertz CT molecular complexity index is 611. The second kappa shape index (κ2) is 6.85. The van der Waals surface area contributed by atoms with Crippen molar-refractivity contribution in [3.05, 3.63) is 38.2 Å². The fourth-order valence-corrected chi connectivity index (χ4v) is 2.62. The Hall–Kier alpha value is -1.40. The minimum Gasteiger partial charge on any atom is -0.373 e. The molecule has 0 saturated heterocycles. The summed E-state index contributed by atoms with van der Waals surface area (Å²) >= 11 is 7.68. The van der Waals surface area contributed by atoms with Gasteiger partial charge in [0, 0.05) is 18.1 Å². The molecule has 2 aromatic heterocycles. The third kappa shape index (κ3) is 3.37. The molecule has 2 aromatic rings. The molecule has 2 heterocycles. The summed E-state index contributed by atoms with van der Waals surface area (Å²) in [4.78, 5) is 16.3. The molecule has 0 aliphatic carbocycles. The number of aryl methyl sites for hydroxylation is 1. The second-order valence-corrected chi connectivity index (χ2v) is 5.79. The molecule has 0 amide bonds. The van der Waals surface area contributed by atoms with Crippen LogP contribution in [0.2, 0.25) is 5.02 Å². The number of nitrogens with zero attached hydrogens (tertiary/aromatic N) is 3. The average Bonchev–Trinajstić information content (AvgIpc) is 2.97. The fourth-order valence-electron chi connectivity index (χ4n) is 1.78. The molecule has 20 heavy (non-hydrogen) atoms. The van der Waals surface area contributed by atoms with Crippen molar-refractivity contribution in [3.63, 3.8) is 0 Å². The first-order valence-electron chi connectivity index (χ1n) is 6.55. The first kappa shape index (κ1) is 15.0. The molecule has 5 nitrogen and oxygen atoms in total. The standard InChI is InChI=1S/C13H17ClN4OS/c1-3-4-6-18-13(19)11(14)10(8-16-18)17-9(2)12-15-5-7-20-12/h5,7-9,17H,3-4,6H2,1-2H3. The molecule has 1 unspecified atom stereocenters. The summed E-state index contributed by atoms with van der Waals surface area (Å²) in [6.07, 6.45) is 5.27. The van der Waals surface area contributed by atoms with Gasteiger partial charge in [0.1, 0.15) is 10.0 Å². The maximum Gasteiger partial charge on any atom is 0.287 e.